The maximum atomic E-state index is 11.6. The third kappa shape index (κ3) is 7.49. The second-order valence-electron chi connectivity index (χ2n) is 5.06. The molecule has 0 fully saturated rings. The smallest absolute Gasteiger partial charge is 0.229 e. The second kappa shape index (κ2) is 7.47. The minimum atomic E-state index is -0.217. The second-order valence-corrected chi connectivity index (χ2v) is 5.06. The van der Waals surface area contributed by atoms with Crippen molar-refractivity contribution < 1.29 is 9.59 Å². The van der Waals surface area contributed by atoms with Crippen LogP contribution in [0.15, 0.2) is 0 Å². The number of hydrogen-bond acceptors (Lipinski definition) is 2. The minimum Gasteiger partial charge on any atom is -0.365 e. The van der Waals surface area contributed by atoms with Crippen molar-refractivity contribution >= 4 is 18.9 Å². The molecule has 0 aromatic carbocycles. The van der Waals surface area contributed by atoms with Crippen LogP contribution in [0.2, 0.25) is 6.82 Å². The molecule has 0 atom stereocenters. The van der Waals surface area contributed by atoms with Gasteiger partial charge in [-0.15, -0.1) is 0 Å². The van der Waals surface area contributed by atoms with E-state index in [9.17, 15) is 9.59 Å². The van der Waals surface area contributed by atoms with E-state index >= 15 is 0 Å². The molecule has 0 aliphatic carbocycles. The van der Waals surface area contributed by atoms with Crippen LogP contribution in [-0.4, -0.2) is 25.4 Å². The molecule has 0 aliphatic heterocycles. The first-order valence-corrected chi connectivity index (χ1v) is 5.98. The van der Waals surface area contributed by atoms with Gasteiger partial charge in [-0.1, -0.05) is 34.0 Å². The summed E-state index contributed by atoms with van der Waals surface area (Å²) >= 11 is 0. The molecule has 0 saturated heterocycles. The van der Waals surface area contributed by atoms with Gasteiger partial charge >= 0.3 is 0 Å². The zero-order valence-corrected chi connectivity index (χ0v) is 10.9. The van der Waals surface area contributed by atoms with E-state index in [1.54, 1.807) is 6.82 Å². The zero-order chi connectivity index (χ0) is 12.6. The summed E-state index contributed by atoms with van der Waals surface area (Å²) in [6.45, 7) is 8.27. The van der Waals surface area contributed by atoms with Gasteiger partial charge in [-0.05, 0) is 12.8 Å². The van der Waals surface area contributed by atoms with Crippen molar-refractivity contribution in [1.82, 2.24) is 5.32 Å². The van der Waals surface area contributed by atoms with Gasteiger partial charge in [0, 0.05) is 18.4 Å². The number of rotatable bonds is 7. The molecule has 0 spiro atoms. The largest absolute Gasteiger partial charge is 0.365 e. The number of hydrogen-bond donors (Lipinski definition) is 1. The van der Waals surface area contributed by atoms with Crippen molar-refractivity contribution in [2.75, 3.05) is 6.54 Å². The molecular formula is C12H23BNO2. The summed E-state index contributed by atoms with van der Waals surface area (Å²) in [5.74, 6) is 0.296. The average molecular weight is 224 g/mol. The fraction of sp³-hybridized carbons (Fsp3) is 0.833. The minimum absolute atomic E-state index is 0.0224. The number of Topliss-reactive ketones (excluding diaryl/α,β-unsaturated/α-hetero) is 1. The highest BCUT2D eigenvalue weighted by Crippen LogP contribution is 2.18. The average Bonchev–Trinajstić information content (AvgIpc) is 2.20. The molecule has 3 nitrogen and oxygen atoms in total. The summed E-state index contributed by atoms with van der Waals surface area (Å²) in [6.07, 6.45) is 3.50. The summed E-state index contributed by atoms with van der Waals surface area (Å²) in [5, 5.41) is 2.77. The highest BCUT2D eigenvalue weighted by Gasteiger charge is 2.19. The summed E-state index contributed by atoms with van der Waals surface area (Å²) in [6, 6.07) is 0. The molecule has 4 heteroatoms. The molecule has 91 valence electrons. The van der Waals surface area contributed by atoms with Crippen molar-refractivity contribution in [3.05, 3.63) is 0 Å². The Morgan fingerprint density at radius 2 is 1.75 bits per heavy atom. The third-order valence-corrected chi connectivity index (χ3v) is 2.48. The fourth-order valence-electron chi connectivity index (χ4n) is 1.28. The van der Waals surface area contributed by atoms with E-state index in [4.69, 9.17) is 0 Å². The first-order chi connectivity index (χ1) is 7.38. The maximum Gasteiger partial charge on any atom is 0.229 e. The van der Waals surface area contributed by atoms with Crippen LogP contribution in [0.25, 0.3) is 0 Å². The van der Waals surface area contributed by atoms with Crippen molar-refractivity contribution in [3.8, 4) is 0 Å². The molecule has 0 saturated carbocycles. The van der Waals surface area contributed by atoms with E-state index in [1.807, 2.05) is 20.8 Å². The standard InChI is InChI=1S/C12H23BNO2/c1-12(2,3)10(15)8-6-5-7-9-14-11(16)13-4/h5-9H2,1-4H3,(H,14,16). The SMILES string of the molecule is C[B]C(=O)NCCCCCC(=O)C(C)(C)C. The molecule has 0 unspecified atom stereocenters. The van der Waals surface area contributed by atoms with E-state index in [1.165, 1.54) is 7.28 Å². The van der Waals surface area contributed by atoms with Crippen molar-refractivity contribution in [2.24, 2.45) is 5.41 Å². The topological polar surface area (TPSA) is 46.2 Å². The Balaban J connectivity index is 3.41. The van der Waals surface area contributed by atoms with Crippen LogP contribution in [0.5, 0.6) is 0 Å². The van der Waals surface area contributed by atoms with E-state index in [0.29, 0.717) is 18.7 Å². The van der Waals surface area contributed by atoms with Gasteiger partial charge in [0.2, 0.25) is 7.28 Å². The van der Waals surface area contributed by atoms with Gasteiger partial charge in [0.15, 0.2) is 5.81 Å². The lowest BCUT2D eigenvalue weighted by Gasteiger charge is -2.16. The Kier molecular flexibility index (Phi) is 7.10. The Bertz CT molecular complexity index is 234. The van der Waals surface area contributed by atoms with E-state index in [2.05, 4.69) is 5.32 Å². The quantitative estimate of drug-likeness (QED) is 0.533. The normalized spacial score (nSPS) is 11.0. The Morgan fingerprint density at radius 1 is 1.12 bits per heavy atom. The van der Waals surface area contributed by atoms with Gasteiger partial charge in [-0.2, -0.15) is 0 Å². The Labute approximate surface area is 99.6 Å². The zero-order valence-electron chi connectivity index (χ0n) is 10.9. The van der Waals surface area contributed by atoms with Crippen LogP contribution >= 0.6 is 0 Å². The molecule has 0 heterocycles. The van der Waals surface area contributed by atoms with Crippen molar-refractivity contribution in [3.63, 3.8) is 0 Å². The van der Waals surface area contributed by atoms with Crippen LogP contribution in [0.3, 0.4) is 0 Å². The summed E-state index contributed by atoms with van der Waals surface area (Å²) in [4.78, 5) is 22.4. The highest BCUT2D eigenvalue weighted by molar-refractivity contribution is 6.72. The number of unbranched alkanes of at least 4 members (excludes halogenated alkanes) is 2. The molecule has 1 radical (unpaired) electrons. The predicted octanol–water partition coefficient (Wildman–Crippen LogP) is 2.62. The number of carbonyl (C=O) groups is 2. The molecule has 1 N–H and O–H groups in total. The molecule has 1 amide bonds. The number of carbonyl (C=O) groups excluding carboxylic acids is 2. The van der Waals surface area contributed by atoms with Gasteiger partial charge in [0.1, 0.15) is 5.78 Å². The van der Waals surface area contributed by atoms with Gasteiger partial charge in [-0.3, -0.25) is 9.59 Å². The van der Waals surface area contributed by atoms with Gasteiger partial charge < -0.3 is 5.32 Å². The molecule has 0 bridgehead atoms. The summed E-state index contributed by atoms with van der Waals surface area (Å²) in [7, 11) is 1.52. The lowest BCUT2D eigenvalue weighted by atomic mass is 9.81. The van der Waals surface area contributed by atoms with E-state index < -0.39 is 0 Å². The number of nitrogens with one attached hydrogen (secondary N) is 1. The number of amides is 1. The van der Waals surface area contributed by atoms with Crippen LogP contribution in [0.1, 0.15) is 46.5 Å². The molecule has 0 aromatic rings. The van der Waals surface area contributed by atoms with Crippen LogP contribution in [-0.2, 0) is 4.79 Å². The van der Waals surface area contributed by atoms with Gasteiger partial charge in [-0.25, -0.2) is 0 Å². The Hall–Kier alpha value is -0.795. The summed E-state index contributed by atoms with van der Waals surface area (Å²) in [5.41, 5.74) is -0.217. The maximum absolute atomic E-state index is 11.6. The van der Waals surface area contributed by atoms with Gasteiger partial charge in [0.05, 0.1) is 0 Å². The first-order valence-electron chi connectivity index (χ1n) is 5.98. The van der Waals surface area contributed by atoms with Crippen molar-refractivity contribution in [1.29, 1.82) is 0 Å². The van der Waals surface area contributed by atoms with Crippen LogP contribution in [0.4, 0.5) is 4.79 Å². The predicted molar refractivity (Wildman–Crippen MR) is 67.9 cm³/mol. The first kappa shape index (κ1) is 15.2. The molecule has 0 rings (SSSR count). The van der Waals surface area contributed by atoms with Gasteiger partial charge in [0.25, 0.3) is 0 Å². The van der Waals surface area contributed by atoms with E-state index in [0.717, 1.165) is 19.3 Å². The monoisotopic (exact) mass is 224 g/mol. The molecule has 0 aromatic heterocycles. The Morgan fingerprint density at radius 3 is 2.25 bits per heavy atom. The van der Waals surface area contributed by atoms with Crippen LogP contribution < -0.4 is 5.32 Å². The van der Waals surface area contributed by atoms with Crippen LogP contribution in [0, 0.1) is 5.41 Å². The van der Waals surface area contributed by atoms with E-state index in [-0.39, 0.29) is 11.2 Å². The number of ketones is 1. The summed E-state index contributed by atoms with van der Waals surface area (Å²) < 4.78 is 0. The molecule has 0 aliphatic rings. The van der Waals surface area contributed by atoms with Crippen molar-refractivity contribution in [2.45, 2.75) is 53.3 Å². The lowest BCUT2D eigenvalue weighted by Crippen LogP contribution is -2.26. The molecular weight excluding hydrogens is 201 g/mol. The lowest BCUT2D eigenvalue weighted by molar-refractivity contribution is -0.126. The third-order valence-electron chi connectivity index (χ3n) is 2.48. The molecule has 16 heavy (non-hydrogen) atoms. The highest BCUT2D eigenvalue weighted by atomic mass is 16.1. The fourth-order valence-corrected chi connectivity index (χ4v) is 1.28.